The summed E-state index contributed by atoms with van der Waals surface area (Å²) in [7, 11) is 0. The molecule has 0 bridgehead atoms. The lowest BCUT2D eigenvalue weighted by Crippen LogP contribution is -2.20. The van der Waals surface area contributed by atoms with E-state index in [2.05, 4.69) is 22.3 Å². The Labute approximate surface area is 133 Å². The molecule has 0 unspecified atom stereocenters. The molecule has 0 aliphatic rings. The Morgan fingerprint density at radius 1 is 1.35 bits per heavy atom. The highest BCUT2D eigenvalue weighted by molar-refractivity contribution is 6.03. The first kappa shape index (κ1) is 15.0. The van der Waals surface area contributed by atoms with Crippen molar-refractivity contribution in [1.29, 1.82) is 0 Å². The van der Waals surface area contributed by atoms with Gasteiger partial charge < -0.3 is 10.3 Å². The third-order valence-corrected chi connectivity index (χ3v) is 3.90. The number of aromatic nitrogens is 3. The standard InChI is InChI=1S/C17H18N4O2/c1-3-11(2)21-16(8-9-18-21)20-17(23)14-10-15(22)12-6-4-5-7-13(12)19-14/h4-11H,3H2,1-2H3,(H,19,22)(H,20,23)/t11-/m0/s1. The SMILES string of the molecule is CC[C@H](C)n1nccc1NC(=O)c1cc(=O)c2ccccc2[nH]1. The molecule has 6 nitrogen and oxygen atoms in total. The lowest BCUT2D eigenvalue weighted by molar-refractivity contribution is 0.102. The van der Waals surface area contributed by atoms with Crippen molar-refractivity contribution >= 4 is 22.6 Å². The molecule has 2 N–H and O–H groups in total. The van der Waals surface area contributed by atoms with E-state index in [1.54, 1.807) is 35.1 Å². The molecule has 0 fully saturated rings. The van der Waals surface area contributed by atoms with Crippen LogP contribution < -0.4 is 10.7 Å². The lowest BCUT2D eigenvalue weighted by Gasteiger charge is -2.14. The lowest BCUT2D eigenvalue weighted by atomic mass is 10.2. The van der Waals surface area contributed by atoms with Crippen molar-refractivity contribution in [3.05, 3.63) is 58.5 Å². The second-order valence-corrected chi connectivity index (χ2v) is 5.47. The summed E-state index contributed by atoms with van der Waals surface area (Å²) >= 11 is 0. The summed E-state index contributed by atoms with van der Waals surface area (Å²) in [6, 6.07) is 10.4. The minimum atomic E-state index is -0.363. The molecule has 6 heteroatoms. The van der Waals surface area contributed by atoms with Crippen molar-refractivity contribution in [2.45, 2.75) is 26.3 Å². The van der Waals surface area contributed by atoms with Crippen LogP contribution in [0.5, 0.6) is 0 Å². The van der Waals surface area contributed by atoms with Crippen molar-refractivity contribution < 1.29 is 4.79 Å². The third kappa shape index (κ3) is 2.88. The van der Waals surface area contributed by atoms with E-state index >= 15 is 0 Å². The van der Waals surface area contributed by atoms with Crippen LogP contribution in [-0.2, 0) is 0 Å². The van der Waals surface area contributed by atoms with Gasteiger partial charge in [0.2, 0.25) is 0 Å². The van der Waals surface area contributed by atoms with E-state index in [-0.39, 0.29) is 23.1 Å². The molecule has 1 aromatic carbocycles. The van der Waals surface area contributed by atoms with E-state index in [4.69, 9.17) is 0 Å². The molecule has 23 heavy (non-hydrogen) atoms. The molecule has 2 heterocycles. The maximum absolute atomic E-state index is 12.4. The molecule has 0 spiro atoms. The van der Waals surface area contributed by atoms with Crippen LogP contribution in [0.25, 0.3) is 10.9 Å². The monoisotopic (exact) mass is 310 g/mol. The normalized spacial score (nSPS) is 12.3. The number of hydrogen-bond acceptors (Lipinski definition) is 3. The van der Waals surface area contributed by atoms with Gasteiger partial charge in [-0.25, -0.2) is 4.68 Å². The summed E-state index contributed by atoms with van der Waals surface area (Å²) in [4.78, 5) is 27.6. The average Bonchev–Trinajstić information content (AvgIpc) is 3.02. The maximum Gasteiger partial charge on any atom is 0.273 e. The summed E-state index contributed by atoms with van der Waals surface area (Å²) < 4.78 is 1.76. The fourth-order valence-electron chi connectivity index (χ4n) is 2.44. The summed E-state index contributed by atoms with van der Waals surface area (Å²) in [6.45, 7) is 4.08. The Bertz CT molecular complexity index is 910. The molecule has 0 saturated carbocycles. The second-order valence-electron chi connectivity index (χ2n) is 5.47. The number of fused-ring (bicyclic) bond motifs is 1. The van der Waals surface area contributed by atoms with Crippen LogP contribution in [0.1, 0.15) is 36.8 Å². The molecule has 1 atom stereocenters. The first-order valence-corrected chi connectivity index (χ1v) is 7.57. The Balaban J connectivity index is 1.93. The number of pyridine rings is 1. The zero-order valence-corrected chi connectivity index (χ0v) is 13.0. The Hall–Kier alpha value is -2.89. The highest BCUT2D eigenvalue weighted by Gasteiger charge is 2.14. The summed E-state index contributed by atoms with van der Waals surface area (Å²) in [6.07, 6.45) is 2.54. The summed E-state index contributed by atoms with van der Waals surface area (Å²) in [5.41, 5.74) is 0.686. The third-order valence-electron chi connectivity index (χ3n) is 3.90. The maximum atomic E-state index is 12.4. The number of H-pyrrole nitrogens is 1. The van der Waals surface area contributed by atoms with E-state index in [1.165, 1.54) is 6.07 Å². The van der Waals surface area contributed by atoms with Gasteiger partial charge in [-0.15, -0.1) is 0 Å². The van der Waals surface area contributed by atoms with Crippen LogP contribution in [0.15, 0.2) is 47.4 Å². The molecule has 0 radical (unpaired) electrons. The van der Waals surface area contributed by atoms with E-state index in [9.17, 15) is 9.59 Å². The molecule has 0 saturated heterocycles. The number of rotatable bonds is 4. The Morgan fingerprint density at radius 3 is 2.91 bits per heavy atom. The van der Waals surface area contributed by atoms with Crippen LogP contribution in [0.2, 0.25) is 0 Å². The highest BCUT2D eigenvalue weighted by atomic mass is 16.2. The number of benzene rings is 1. The number of anilines is 1. The predicted molar refractivity (Wildman–Crippen MR) is 89.8 cm³/mol. The number of amides is 1. The number of carbonyl (C=O) groups excluding carboxylic acids is 1. The molecule has 0 aliphatic heterocycles. The van der Waals surface area contributed by atoms with Gasteiger partial charge in [-0.05, 0) is 25.5 Å². The van der Waals surface area contributed by atoms with Gasteiger partial charge in [-0.2, -0.15) is 5.10 Å². The second kappa shape index (κ2) is 6.08. The van der Waals surface area contributed by atoms with Crippen molar-refractivity contribution in [2.75, 3.05) is 5.32 Å². The van der Waals surface area contributed by atoms with Gasteiger partial charge in [-0.3, -0.25) is 9.59 Å². The quantitative estimate of drug-likeness (QED) is 0.777. The zero-order chi connectivity index (χ0) is 16.4. The van der Waals surface area contributed by atoms with Gasteiger partial charge in [-0.1, -0.05) is 19.1 Å². The number of nitrogens with zero attached hydrogens (tertiary/aromatic N) is 2. The minimum absolute atomic E-state index is 0.177. The van der Waals surface area contributed by atoms with Crippen LogP contribution in [0, 0.1) is 0 Å². The molecule has 3 aromatic rings. The molecule has 1 amide bonds. The van der Waals surface area contributed by atoms with Crippen molar-refractivity contribution in [1.82, 2.24) is 14.8 Å². The molecular weight excluding hydrogens is 292 g/mol. The van der Waals surface area contributed by atoms with E-state index < -0.39 is 0 Å². The van der Waals surface area contributed by atoms with Gasteiger partial charge in [0, 0.05) is 23.0 Å². The molecule has 3 rings (SSSR count). The summed E-state index contributed by atoms with van der Waals surface area (Å²) in [5, 5.41) is 7.60. The Kier molecular flexibility index (Phi) is 3.97. The van der Waals surface area contributed by atoms with Gasteiger partial charge in [0.25, 0.3) is 5.91 Å². The average molecular weight is 310 g/mol. The van der Waals surface area contributed by atoms with Crippen LogP contribution in [-0.4, -0.2) is 20.7 Å². The van der Waals surface area contributed by atoms with E-state index in [1.807, 2.05) is 13.0 Å². The topological polar surface area (TPSA) is 79.8 Å². The number of hydrogen-bond donors (Lipinski definition) is 2. The van der Waals surface area contributed by atoms with Crippen molar-refractivity contribution in [3.8, 4) is 0 Å². The first-order valence-electron chi connectivity index (χ1n) is 7.57. The molecule has 2 aromatic heterocycles. The fourth-order valence-corrected chi connectivity index (χ4v) is 2.44. The van der Waals surface area contributed by atoms with Gasteiger partial charge in [0.1, 0.15) is 11.5 Å². The van der Waals surface area contributed by atoms with E-state index in [0.29, 0.717) is 16.7 Å². The van der Waals surface area contributed by atoms with Gasteiger partial charge in [0.05, 0.1) is 12.2 Å². The van der Waals surface area contributed by atoms with Crippen molar-refractivity contribution in [3.63, 3.8) is 0 Å². The molecule has 118 valence electrons. The van der Waals surface area contributed by atoms with E-state index in [0.717, 1.165) is 6.42 Å². The van der Waals surface area contributed by atoms with Crippen LogP contribution in [0.3, 0.4) is 0 Å². The largest absolute Gasteiger partial charge is 0.350 e. The van der Waals surface area contributed by atoms with Gasteiger partial charge in [0.15, 0.2) is 5.43 Å². The fraction of sp³-hybridized carbons (Fsp3) is 0.235. The number of aromatic amines is 1. The van der Waals surface area contributed by atoms with Gasteiger partial charge >= 0.3 is 0 Å². The first-order chi connectivity index (χ1) is 11.1. The smallest absolute Gasteiger partial charge is 0.273 e. The number of para-hydroxylation sites is 1. The molecule has 0 aliphatic carbocycles. The minimum Gasteiger partial charge on any atom is -0.350 e. The number of nitrogens with one attached hydrogen (secondary N) is 2. The molecular formula is C17H18N4O2. The summed E-state index contributed by atoms with van der Waals surface area (Å²) in [5.74, 6) is 0.247. The highest BCUT2D eigenvalue weighted by Crippen LogP contribution is 2.17. The van der Waals surface area contributed by atoms with Crippen LogP contribution in [0.4, 0.5) is 5.82 Å². The Morgan fingerprint density at radius 2 is 2.13 bits per heavy atom. The zero-order valence-electron chi connectivity index (χ0n) is 13.0. The van der Waals surface area contributed by atoms with Crippen molar-refractivity contribution in [2.24, 2.45) is 0 Å². The number of carbonyl (C=O) groups is 1. The predicted octanol–water partition coefficient (Wildman–Crippen LogP) is 2.95. The van der Waals surface area contributed by atoms with Crippen LogP contribution >= 0.6 is 0 Å².